The van der Waals surface area contributed by atoms with E-state index >= 15 is 0 Å². The van der Waals surface area contributed by atoms with Crippen LogP contribution in [0.2, 0.25) is 0 Å². The molecule has 0 aliphatic carbocycles. The predicted molar refractivity (Wildman–Crippen MR) is 109 cm³/mol. The lowest BCUT2D eigenvalue weighted by Crippen LogP contribution is -2.31. The molecule has 0 saturated carbocycles. The summed E-state index contributed by atoms with van der Waals surface area (Å²) in [6.07, 6.45) is 0.397. The molecule has 148 valence electrons. The topological polar surface area (TPSA) is 55.8 Å². The van der Waals surface area contributed by atoms with Crippen LogP contribution in [0.3, 0.4) is 0 Å². The van der Waals surface area contributed by atoms with E-state index in [0.29, 0.717) is 34.5 Å². The Hall–Kier alpha value is -2.06. The minimum atomic E-state index is -0.450. The first-order valence-electron chi connectivity index (χ1n) is 8.69. The van der Waals surface area contributed by atoms with E-state index in [2.05, 4.69) is 15.9 Å². The fourth-order valence-electron chi connectivity index (χ4n) is 2.92. The van der Waals surface area contributed by atoms with Crippen molar-refractivity contribution in [2.45, 2.75) is 25.2 Å². The highest BCUT2D eigenvalue weighted by molar-refractivity contribution is 9.10. The average Bonchev–Trinajstić information content (AvgIpc) is 2.94. The second-order valence-corrected chi connectivity index (χ2v) is 8.16. The van der Waals surface area contributed by atoms with Gasteiger partial charge < -0.3 is 9.47 Å². The van der Waals surface area contributed by atoms with Gasteiger partial charge in [-0.1, -0.05) is 30.0 Å². The van der Waals surface area contributed by atoms with Crippen LogP contribution in [-0.2, 0) is 17.8 Å². The molecule has 2 amide bonds. The van der Waals surface area contributed by atoms with E-state index in [4.69, 9.17) is 9.47 Å². The largest absolute Gasteiger partial charge is 0.493 e. The van der Waals surface area contributed by atoms with Gasteiger partial charge in [-0.3, -0.25) is 14.5 Å². The van der Waals surface area contributed by atoms with Gasteiger partial charge in [0.05, 0.1) is 16.8 Å². The standard InChI is InChI=1S/C20H19BrFNO4S/c1-3-23-19(24)17(28-20(23)25)10-12-8-14(21)18(16(9-12)26-2)27-11-13-6-4-5-7-15(13)22/h4-9,17H,3,10-11H2,1-2H3/t17-/m0/s1. The Kier molecular flexibility index (Phi) is 6.61. The average molecular weight is 468 g/mol. The van der Waals surface area contributed by atoms with Crippen LogP contribution in [-0.4, -0.2) is 35.0 Å². The number of nitrogens with zero attached hydrogens (tertiary/aromatic N) is 1. The number of amides is 2. The molecule has 1 atom stereocenters. The molecule has 1 aliphatic rings. The Morgan fingerprint density at radius 3 is 2.64 bits per heavy atom. The zero-order valence-corrected chi connectivity index (χ0v) is 17.8. The number of hydrogen-bond donors (Lipinski definition) is 0. The molecule has 28 heavy (non-hydrogen) atoms. The van der Waals surface area contributed by atoms with Gasteiger partial charge in [-0.15, -0.1) is 0 Å². The highest BCUT2D eigenvalue weighted by Crippen LogP contribution is 2.39. The van der Waals surface area contributed by atoms with Crippen molar-refractivity contribution < 1.29 is 23.5 Å². The van der Waals surface area contributed by atoms with Crippen molar-refractivity contribution >= 4 is 38.8 Å². The second-order valence-electron chi connectivity index (χ2n) is 6.15. The summed E-state index contributed by atoms with van der Waals surface area (Å²) in [6.45, 7) is 2.20. The smallest absolute Gasteiger partial charge is 0.289 e. The van der Waals surface area contributed by atoms with Gasteiger partial charge >= 0.3 is 0 Å². The highest BCUT2D eigenvalue weighted by atomic mass is 79.9. The molecule has 5 nitrogen and oxygen atoms in total. The van der Waals surface area contributed by atoms with E-state index in [0.717, 1.165) is 17.3 Å². The van der Waals surface area contributed by atoms with Crippen molar-refractivity contribution in [2.75, 3.05) is 13.7 Å². The molecule has 8 heteroatoms. The number of hydrogen-bond acceptors (Lipinski definition) is 5. The van der Waals surface area contributed by atoms with Crippen molar-refractivity contribution in [1.29, 1.82) is 0 Å². The van der Waals surface area contributed by atoms with Crippen molar-refractivity contribution in [1.82, 2.24) is 4.90 Å². The first kappa shape index (κ1) is 20.7. The third-order valence-corrected chi connectivity index (χ3v) is 6.03. The minimum absolute atomic E-state index is 0.0535. The minimum Gasteiger partial charge on any atom is -0.493 e. The molecule has 0 aromatic heterocycles. The number of rotatable bonds is 7. The molecule has 1 fully saturated rings. The SMILES string of the molecule is CCN1C(=O)S[C@@H](Cc2cc(Br)c(OCc3ccccc3F)c(OC)c2)C1=O. The van der Waals surface area contributed by atoms with E-state index < -0.39 is 5.25 Å². The van der Waals surface area contributed by atoms with Crippen molar-refractivity contribution in [2.24, 2.45) is 0 Å². The van der Waals surface area contributed by atoms with Crippen LogP contribution in [0.4, 0.5) is 9.18 Å². The monoisotopic (exact) mass is 467 g/mol. The number of carbonyl (C=O) groups is 2. The first-order chi connectivity index (χ1) is 13.4. The molecular formula is C20H19BrFNO4S. The molecule has 0 bridgehead atoms. The number of thioether (sulfide) groups is 1. The summed E-state index contributed by atoms with van der Waals surface area (Å²) in [5.74, 6) is 0.407. The quantitative estimate of drug-likeness (QED) is 0.585. The van der Waals surface area contributed by atoms with Gasteiger partial charge in [0.25, 0.3) is 5.24 Å². The molecular weight excluding hydrogens is 449 g/mol. The summed E-state index contributed by atoms with van der Waals surface area (Å²) in [6, 6.07) is 10.0. The van der Waals surface area contributed by atoms with Crippen molar-refractivity contribution in [3.63, 3.8) is 0 Å². The van der Waals surface area contributed by atoms with E-state index in [1.807, 2.05) is 6.07 Å². The molecule has 0 unspecified atom stereocenters. The predicted octanol–water partition coefficient (Wildman–Crippen LogP) is 4.80. The number of carbonyl (C=O) groups excluding carboxylic acids is 2. The zero-order chi connectivity index (χ0) is 20.3. The van der Waals surface area contributed by atoms with Crippen LogP contribution in [0, 0.1) is 5.82 Å². The van der Waals surface area contributed by atoms with Gasteiger partial charge in [-0.05, 0) is 53.0 Å². The lowest BCUT2D eigenvalue weighted by atomic mass is 10.1. The molecule has 0 N–H and O–H groups in total. The molecule has 1 heterocycles. The van der Waals surface area contributed by atoms with Gasteiger partial charge in [0.2, 0.25) is 5.91 Å². The Morgan fingerprint density at radius 1 is 1.25 bits per heavy atom. The van der Waals surface area contributed by atoms with Gasteiger partial charge in [-0.2, -0.15) is 0 Å². The van der Waals surface area contributed by atoms with Crippen molar-refractivity contribution in [3.8, 4) is 11.5 Å². The third kappa shape index (κ3) is 4.33. The first-order valence-corrected chi connectivity index (χ1v) is 10.4. The fraction of sp³-hybridized carbons (Fsp3) is 0.300. The molecule has 1 aliphatic heterocycles. The van der Waals surface area contributed by atoms with Crippen LogP contribution in [0.1, 0.15) is 18.1 Å². The lowest BCUT2D eigenvalue weighted by Gasteiger charge is -2.16. The molecule has 2 aromatic rings. The number of ether oxygens (including phenoxy) is 2. The fourth-order valence-corrected chi connectivity index (χ4v) is 4.62. The maximum absolute atomic E-state index is 13.8. The Balaban J connectivity index is 1.77. The van der Waals surface area contributed by atoms with Crippen LogP contribution in [0.5, 0.6) is 11.5 Å². The third-order valence-electron chi connectivity index (χ3n) is 4.36. The van der Waals surface area contributed by atoms with Gasteiger partial charge in [0, 0.05) is 12.1 Å². The van der Waals surface area contributed by atoms with E-state index in [9.17, 15) is 14.0 Å². The summed E-state index contributed by atoms with van der Waals surface area (Å²) in [4.78, 5) is 25.5. The Bertz CT molecular complexity index is 908. The molecule has 2 aromatic carbocycles. The normalized spacial score (nSPS) is 16.6. The van der Waals surface area contributed by atoms with Gasteiger partial charge in [-0.25, -0.2) is 4.39 Å². The van der Waals surface area contributed by atoms with E-state index in [-0.39, 0.29) is 23.6 Å². The van der Waals surface area contributed by atoms with Gasteiger partial charge in [0.15, 0.2) is 11.5 Å². The number of imide groups is 1. The summed E-state index contributed by atoms with van der Waals surface area (Å²) in [7, 11) is 1.51. The van der Waals surface area contributed by atoms with Gasteiger partial charge in [0.1, 0.15) is 12.4 Å². The molecule has 0 spiro atoms. The maximum atomic E-state index is 13.8. The van der Waals surface area contributed by atoms with Crippen LogP contribution in [0.25, 0.3) is 0 Å². The number of methoxy groups -OCH3 is 1. The second kappa shape index (κ2) is 8.96. The molecule has 3 rings (SSSR count). The summed E-state index contributed by atoms with van der Waals surface area (Å²) in [5, 5.41) is -0.664. The number of halogens is 2. The van der Waals surface area contributed by atoms with Crippen LogP contribution in [0.15, 0.2) is 40.9 Å². The zero-order valence-electron chi connectivity index (χ0n) is 15.4. The highest BCUT2D eigenvalue weighted by Gasteiger charge is 2.38. The maximum Gasteiger partial charge on any atom is 0.289 e. The van der Waals surface area contributed by atoms with Crippen LogP contribution < -0.4 is 9.47 Å². The summed E-state index contributed by atoms with van der Waals surface area (Å²) >= 11 is 4.51. The lowest BCUT2D eigenvalue weighted by molar-refractivity contribution is -0.126. The van der Waals surface area contributed by atoms with Crippen LogP contribution >= 0.6 is 27.7 Å². The summed E-state index contributed by atoms with van der Waals surface area (Å²) < 4.78 is 25.6. The molecule has 1 saturated heterocycles. The Labute approximate surface area is 175 Å². The Morgan fingerprint density at radius 2 is 2.00 bits per heavy atom. The van der Waals surface area contributed by atoms with Crippen molar-refractivity contribution in [3.05, 3.63) is 57.8 Å². The summed E-state index contributed by atoms with van der Waals surface area (Å²) in [5.41, 5.74) is 1.27. The number of benzene rings is 2. The molecule has 0 radical (unpaired) electrons. The van der Waals surface area contributed by atoms with E-state index in [1.165, 1.54) is 18.1 Å². The van der Waals surface area contributed by atoms with E-state index in [1.54, 1.807) is 31.2 Å².